The van der Waals surface area contributed by atoms with Gasteiger partial charge >= 0.3 is 6.18 Å². The molecule has 0 aromatic carbocycles. The summed E-state index contributed by atoms with van der Waals surface area (Å²) >= 11 is 0. The van der Waals surface area contributed by atoms with Crippen LogP contribution in [0.15, 0.2) is 6.07 Å². The molecule has 1 aromatic heterocycles. The maximum Gasteiger partial charge on any atom is 0.411 e. The molecule has 0 unspecified atom stereocenters. The summed E-state index contributed by atoms with van der Waals surface area (Å²) in [6, 6.07) is 3.78. The van der Waals surface area contributed by atoms with E-state index in [2.05, 4.69) is 15.0 Å². The number of aromatic nitrogens is 1. The molecule has 0 saturated carbocycles. The van der Waals surface area contributed by atoms with Gasteiger partial charge in [-0.1, -0.05) is 0 Å². The first-order valence-corrected chi connectivity index (χ1v) is 5.60. The Morgan fingerprint density at radius 1 is 1.42 bits per heavy atom. The van der Waals surface area contributed by atoms with Crippen LogP contribution in [0, 0.1) is 25.2 Å². The van der Waals surface area contributed by atoms with Crippen LogP contribution in [0.4, 0.5) is 19.0 Å². The molecular weight excluding hydrogens is 259 g/mol. The number of nitrogens with zero attached hydrogens (tertiary/aromatic N) is 2. The molecule has 1 rings (SSSR count). The zero-order valence-corrected chi connectivity index (χ0v) is 10.6. The number of nitriles is 1. The Bertz CT molecular complexity index is 480. The predicted octanol–water partition coefficient (Wildman–Crippen LogP) is 2.56. The number of nitrogens with one attached hydrogen (secondary N) is 1. The van der Waals surface area contributed by atoms with Gasteiger partial charge in [-0.3, -0.25) is 0 Å². The van der Waals surface area contributed by atoms with E-state index in [0.717, 1.165) is 11.3 Å². The number of anilines is 1. The van der Waals surface area contributed by atoms with Crippen LogP contribution in [0.2, 0.25) is 0 Å². The summed E-state index contributed by atoms with van der Waals surface area (Å²) in [6.45, 7) is 2.32. The molecule has 0 bridgehead atoms. The van der Waals surface area contributed by atoms with E-state index in [1.165, 1.54) is 0 Å². The Labute approximate surface area is 109 Å². The molecule has 0 amide bonds. The fourth-order valence-corrected chi connectivity index (χ4v) is 1.54. The third kappa shape index (κ3) is 5.14. The molecule has 0 fully saturated rings. The van der Waals surface area contributed by atoms with Crippen molar-refractivity contribution in [1.29, 1.82) is 5.26 Å². The number of alkyl halides is 3. The lowest BCUT2D eigenvalue weighted by Gasteiger charge is -2.11. The first-order chi connectivity index (χ1) is 8.83. The minimum atomic E-state index is -4.32. The first kappa shape index (κ1) is 15.2. The fraction of sp³-hybridized carbons (Fsp3) is 0.500. The Kier molecular flexibility index (Phi) is 5.12. The monoisotopic (exact) mass is 273 g/mol. The number of halogens is 3. The quantitative estimate of drug-likeness (QED) is 0.838. The predicted molar refractivity (Wildman–Crippen MR) is 63.8 cm³/mol. The van der Waals surface area contributed by atoms with Crippen molar-refractivity contribution in [2.24, 2.45) is 0 Å². The maximum absolute atomic E-state index is 11.8. The van der Waals surface area contributed by atoms with Gasteiger partial charge in [0.15, 0.2) is 0 Å². The van der Waals surface area contributed by atoms with Crippen molar-refractivity contribution in [3.05, 3.63) is 22.9 Å². The topological polar surface area (TPSA) is 57.9 Å². The normalized spacial score (nSPS) is 11.2. The maximum atomic E-state index is 11.8. The van der Waals surface area contributed by atoms with Crippen molar-refractivity contribution in [3.63, 3.8) is 0 Å². The number of ether oxygens (including phenoxy) is 1. The molecule has 1 N–H and O–H groups in total. The molecule has 0 aliphatic carbocycles. The molecular formula is C12H14F3N3O. The highest BCUT2D eigenvalue weighted by atomic mass is 19.4. The van der Waals surface area contributed by atoms with Gasteiger partial charge < -0.3 is 10.1 Å². The SMILES string of the molecule is Cc1cc(C)c(C#N)c(NCCOCC(F)(F)F)n1. The minimum absolute atomic E-state index is 0.112. The summed E-state index contributed by atoms with van der Waals surface area (Å²) in [5.74, 6) is 0.371. The third-order valence-electron chi connectivity index (χ3n) is 2.26. The van der Waals surface area contributed by atoms with Gasteiger partial charge in [0.2, 0.25) is 0 Å². The Morgan fingerprint density at radius 2 is 2.11 bits per heavy atom. The van der Waals surface area contributed by atoms with Gasteiger partial charge in [0.1, 0.15) is 18.5 Å². The second-order valence-electron chi connectivity index (χ2n) is 4.01. The van der Waals surface area contributed by atoms with Crippen molar-refractivity contribution >= 4 is 5.82 Å². The van der Waals surface area contributed by atoms with Gasteiger partial charge in [0.05, 0.1) is 12.2 Å². The molecule has 0 atom stereocenters. The average Bonchev–Trinajstić information content (AvgIpc) is 2.26. The van der Waals surface area contributed by atoms with Crippen molar-refractivity contribution in [3.8, 4) is 6.07 Å². The van der Waals surface area contributed by atoms with Crippen LogP contribution in [0.5, 0.6) is 0 Å². The van der Waals surface area contributed by atoms with Crippen LogP contribution >= 0.6 is 0 Å². The van der Waals surface area contributed by atoms with Crippen molar-refractivity contribution in [1.82, 2.24) is 4.98 Å². The summed E-state index contributed by atoms with van der Waals surface area (Å²) in [7, 11) is 0. The number of hydrogen-bond donors (Lipinski definition) is 1. The molecule has 0 aliphatic rings. The van der Waals surface area contributed by atoms with Crippen LogP contribution in [-0.2, 0) is 4.74 Å². The Hall–Kier alpha value is -1.81. The molecule has 0 radical (unpaired) electrons. The molecule has 0 spiro atoms. The van der Waals surface area contributed by atoms with E-state index in [9.17, 15) is 13.2 Å². The second-order valence-corrected chi connectivity index (χ2v) is 4.01. The van der Waals surface area contributed by atoms with E-state index >= 15 is 0 Å². The summed E-state index contributed by atoms with van der Waals surface area (Å²) in [4.78, 5) is 4.14. The summed E-state index contributed by atoms with van der Waals surface area (Å²) in [5, 5.41) is 11.8. The molecule has 104 valence electrons. The Balaban J connectivity index is 2.52. The van der Waals surface area contributed by atoms with E-state index in [1.807, 2.05) is 6.07 Å². The number of aryl methyl sites for hydroxylation is 2. The average molecular weight is 273 g/mol. The van der Waals surface area contributed by atoms with Crippen molar-refractivity contribution < 1.29 is 17.9 Å². The van der Waals surface area contributed by atoms with Gasteiger partial charge in [-0.15, -0.1) is 0 Å². The van der Waals surface area contributed by atoms with Crippen LogP contribution in [0.25, 0.3) is 0 Å². The van der Waals surface area contributed by atoms with E-state index in [1.54, 1.807) is 19.9 Å². The zero-order chi connectivity index (χ0) is 14.5. The zero-order valence-electron chi connectivity index (χ0n) is 10.6. The smallest absolute Gasteiger partial charge is 0.370 e. The number of hydrogen-bond acceptors (Lipinski definition) is 4. The summed E-state index contributed by atoms with van der Waals surface area (Å²) < 4.78 is 39.9. The summed E-state index contributed by atoms with van der Waals surface area (Å²) in [5.41, 5.74) is 1.89. The molecule has 0 saturated heterocycles. The molecule has 1 aromatic rings. The first-order valence-electron chi connectivity index (χ1n) is 5.60. The highest BCUT2D eigenvalue weighted by Crippen LogP contribution is 2.17. The van der Waals surface area contributed by atoms with Gasteiger partial charge in [-0.2, -0.15) is 18.4 Å². The van der Waals surface area contributed by atoms with Gasteiger partial charge in [0.25, 0.3) is 0 Å². The molecule has 7 heteroatoms. The van der Waals surface area contributed by atoms with Gasteiger partial charge in [-0.05, 0) is 25.5 Å². The highest BCUT2D eigenvalue weighted by Gasteiger charge is 2.27. The standard InChI is InChI=1S/C12H14F3N3O/c1-8-5-9(2)18-11(10(8)6-16)17-3-4-19-7-12(13,14)15/h5H,3-4,7H2,1-2H3,(H,17,18). The van der Waals surface area contributed by atoms with Crippen molar-refractivity contribution in [2.45, 2.75) is 20.0 Å². The minimum Gasteiger partial charge on any atom is -0.370 e. The molecule has 1 heterocycles. The van der Waals surface area contributed by atoms with E-state index < -0.39 is 12.8 Å². The lowest BCUT2D eigenvalue weighted by Crippen LogP contribution is -2.20. The molecule has 19 heavy (non-hydrogen) atoms. The second kappa shape index (κ2) is 6.38. The lowest BCUT2D eigenvalue weighted by atomic mass is 10.1. The number of pyridine rings is 1. The van der Waals surface area contributed by atoms with Crippen LogP contribution in [0.1, 0.15) is 16.8 Å². The van der Waals surface area contributed by atoms with E-state index in [4.69, 9.17) is 5.26 Å². The molecule has 4 nitrogen and oxygen atoms in total. The fourth-order valence-electron chi connectivity index (χ4n) is 1.54. The van der Waals surface area contributed by atoms with Gasteiger partial charge in [-0.25, -0.2) is 4.98 Å². The summed E-state index contributed by atoms with van der Waals surface area (Å²) in [6.07, 6.45) is -4.32. The highest BCUT2D eigenvalue weighted by molar-refractivity contribution is 5.56. The Morgan fingerprint density at radius 3 is 2.68 bits per heavy atom. The van der Waals surface area contributed by atoms with E-state index in [-0.39, 0.29) is 13.2 Å². The third-order valence-corrected chi connectivity index (χ3v) is 2.26. The van der Waals surface area contributed by atoms with Gasteiger partial charge in [0, 0.05) is 12.2 Å². The molecule has 0 aliphatic heterocycles. The van der Waals surface area contributed by atoms with E-state index in [0.29, 0.717) is 11.4 Å². The van der Waals surface area contributed by atoms with Crippen LogP contribution < -0.4 is 5.32 Å². The largest absolute Gasteiger partial charge is 0.411 e. The lowest BCUT2D eigenvalue weighted by molar-refractivity contribution is -0.172. The number of rotatable bonds is 5. The van der Waals surface area contributed by atoms with Crippen LogP contribution in [-0.4, -0.2) is 30.9 Å². The van der Waals surface area contributed by atoms with Crippen molar-refractivity contribution in [2.75, 3.05) is 25.1 Å². The van der Waals surface area contributed by atoms with Crippen LogP contribution in [0.3, 0.4) is 0 Å².